The third-order valence-corrected chi connectivity index (χ3v) is 7.46. The summed E-state index contributed by atoms with van der Waals surface area (Å²) >= 11 is 0. The largest absolute Gasteiger partial charge is 0.452 e. The van der Waals surface area contributed by atoms with Crippen LogP contribution in [0.1, 0.15) is 46.8 Å². The summed E-state index contributed by atoms with van der Waals surface area (Å²) in [5.74, 6) is -1.01. The zero-order valence-corrected chi connectivity index (χ0v) is 20.2. The van der Waals surface area contributed by atoms with E-state index in [1.54, 1.807) is 13.0 Å². The topological polar surface area (TPSA) is 102 Å². The highest BCUT2D eigenvalue weighted by molar-refractivity contribution is 7.89. The maximum Gasteiger partial charge on any atom is 0.338 e. The molecule has 1 saturated heterocycles. The molecule has 0 atom stereocenters. The Labute approximate surface area is 194 Å². The second kappa shape index (κ2) is 10.5. The zero-order valence-electron chi connectivity index (χ0n) is 19.4. The van der Waals surface area contributed by atoms with E-state index >= 15 is 0 Å². The first-order valence-electron chi connectivity index (χ1n) is 10.9. The van der Waals surface area contributed by atoms with E-state index < -0.39 is 28.5 Å². The first kappa shape index (κ1) is 24.9. The molecule has 2 aromatic carbocycles. The van der Waals surface area contributed by atoms with Crippen molar-refractivity contribution in [2.24, 2.45) is 0 Å². The van der Waals surface area contributed by atoms with Crippen molar-refractivity contribution in [1.82, 2.24) is 4.31 Å². The average molecular weight is 475 g/mol. The fourth-order valence-corrected chi connectivity index (χ4v) is 5.08. The second-order valence-electron chi connectivity index (χ2n) is 8.31. The van der Waals surface area contributed by atoms with Gasteiger partial charge < -0.3 is 14.8 Å². The van der Waals surface area contributed by atoms with E-state index in [0.717, 1.165) is 11.1 Å². The molecule has 1 aliphatic rings. The summed E-state index contributed by atoms with van der Waals surface area (Å²) in [5.41, 5.74) is 3.28. The fourth-order valence-electron chi connectivity index (χ4n) is 3.64. The number of sulfonamides is 1. The van der Waals surface area contributed by atoms with Crippen LogP contribution in [-0.4, -0.2) is 57.5 Å². The summed E-state index contributed by atoms with van der Waals surface area (Å²) in [6.07, 6.45) is 0. The number of benzene rings is 2. The van der Waals surface area contributed by atoms with Crippen molar-refractivity contribution in [2.75, 3.05) is 38.2 Å². The lowest BCUT2D eigenvalue weighted by Gasteiger charge is -2.26. The van der Waals surface area contributed by atoms with Crippen molar-refractivity contribution in [2.45, 2.75) is 38.5 Å². The van der Waals surface area contributed by atoms with Crippen molar-refractivity contribution >= 4 is 27.6 Å². The molecule has 0 aromatic heterocycles. The number of hydrogen-bond donors (Lipinski definition) is 1. The average Bonchev–Trinajstić information content (AvgIpc) is 2.79. The van der Waals surface area contributed by atoms with Gasteiger partial charge in [0.25, 0.3) is 5.91 Å². The van der Waals surface area contributed by atoms with Crippen molar-refractivity contribution < 1.29 is 27.5 Å². The molecule has 8 nitrogen and oxygen atoms in total. The van der Waals surface area contributed by atoms with Gasteiger partial charge in [0, 0.05) is 18.8 Å². The number of carbonyl (C=O) groups is 2. The maximum absolute atomic E-state index is 12.9. The minimum Gasteiger partial charge on any atom is -0.452 e. The van der Waals surface area contributed by atoms with Crippen LogP contribution in [0, 0.1) is 13.8 Å². The Kier molecular flexibility index (Phi) is 7.88. The molecule has 0 radical (unpaired) electrons. The van der Waals surface area contributed by atoms with Crippen LogP contribution >= 0.6 is 0 Å². The molecule has 1 N–H and O–H groups in total. The number of anilines is 1. The number of esters is 1. The van der Waals surface area contributed by atoms with E-state index in [9.17, 15) is 18.0 Å². The molecular formula is C24H30N2O6S. The molecule has 3 rings (SSSR count). The molecule has 0 unspecified atom stereocenters. The van der Waals surface area contributed by atoms with Gasteiger partial charge in [0.05, 0.1) is 23.7 Å². The minimum absolute atomic E-state index is 0.00730. The van der Waals surface area contributed by atoms with Gasteiger partial charge >= 0.3 is 5.97 Å². The van der Waals surface area contributed by atoms with E-state index in [0.29, 0.717) is 24.5 Å². The standard InChI is InChI=1S/C24H30N2O6S/c1-16(2)20-7-5-6-18(4)23(20)25-22(27)15-32-24(28)21-14-19(9-8-17(21)3)33(29,30)26-10-12-31-13-11-26/h5-9,14,16H,10-13,15H2,1-4H3,(H,25,27). The first-order chi connectivity index (χ1) is 15.6. The number of morpholine rings is 1. The van der Waals surface area contributed by atoms with Gasteiger partial charge in [0.1, 0.15) is 0 Å². The number of para-hydroxylation sites is 1. The van der Waals surface area contributed by atoms with E-state index in [-0.39, 0.29) is 29.5 Å². The number of carbonyl (C=O) groups excluding carboxylic acids is 2. The summed E-state index contributed by atoms with van der Waals surface area (Å²) in [4.78, 5) is 25.2. The summed E-state index contributed by atoms with van der Waals surface area (Å²) in [5, 5.41) is 2.83. The molecular weight excluding hydrogens is 444 g/mol. The quantitative estimate of drug-likeness (QED) is 0.618. The van der Waals surface area contributed by atoms with Crippen molar-refractivity contribution in [3.05, 3.63) is 58.7 Å². The molecule has 178 valence electrons. The van der Waals surface area contributed by atoms with Gasteiger partial charge in [-0.3, -0.25) is 4.79 Å². The van der Waals surface area contributed by atoms with E-state index in [2.05, 4.69) is 5.32 Å². The lowest BCUT2D eigenvalue weighted by molar-refractivity contribution is -0.119. The number of nitrogens with one attached hydrogen (secondary N) is 1. The smallest absolute Gasteiger partial charge is 0.338 e. The first-order valence-corrected chi connectivity index (χ1v) is 12.3. The maximum atomic E-state index is 12.9. The Morgan fingerprint density at radius 2 is 1.79 bits per heavy atom. The Morgan fingerprint density at radius 3 is 2.45 bits per heavy atom. The Hall–Kier alpha value is -2.75. The summed E-state index contributed by atoms with van der Waals surface area (Å²) in [7, 11) is -3.76. The van der Waals surface area contributed by atoms with Gasteiger partial charge in [-0.1, -0.05) is 38.1 Å². The van der Waals surface area contributed by atoms with Crippen molar-refractivity contribution in [3.63, 3.8) is 0 Å². The number of rotatable bonds is 7. The Morgan fingerprint density at radius 1 is 1.09 bits per heavy atom. The van der Waals surface area contributed by atoms with Gasteiger partial charge in [0.15, 0.2) is 6.61 Å². The Balaban J connectivity index is 1.71. The molecule has 0 saturated carbocycles. The van der Waals surface area contributed by atoms with Gasteiger partial charge in [-0.05, 0) is 48.6 Å². The molecule has 0 aliphatic carbocycles. The van der Waals surface area contributed by atoms with Crippen LogP contribution in [0.5, 0.6) is 0 Å². The number of amides is 1. The number of nitrogens with zero attached hydrogens (tertiary/aromatic N) is 1. The van der Waals surface area contributed by atoms with Gasteiger partial charge in [-0.2, -0.15) is 4.31 Å². The molecule has 1 fully saturated rings. The summed E-state index contributed by atoms with van der Waals surface area (Å²) < 4.78 is 37.6. The van der Waals surface area contributed by atoms with Crippen molar-refractivity contribution in [3.8, 4) is 0 Å². The monoisotopic (exact) mass is 474 g/mol. The predicted octanol–water partition coefficient (Wildman–Crippen LogP) is 3.24. The normalized spacial score (nSPS) is 14.8. The molecule has 2 aromatic rings. The molecule has 1 aliphatic heterocycles. The fraction of sp³-hybridized carbons (Fsp3) is 0.417. The minimum atomic E-state index is -3.76. The van der Waals surface area contributed by atoms with Crippen LogP contribution in [0.15, 0.2) is 41.3 Å². The van der Waals surface area contributed by atoms with E-state index in [1.165, 1.54) is 16.4 Å². The predicted molar refractivity (Wildman–Crippen MR) is 125 cm³/mol. The lowest BCUT2D eigenvalue weighted by Crippen LogP contribution is -2.40. The number of aryl methyl sites for hydroxylation is 2. The van der Waals surface area contributed by atoms with Crippen LogP contribution in [0.4, 0.5) is 5.69 Å². The van der Waals surface area contributed by atoms with E-state index in [4.69, 9.17) is 9.47 Å². The number of ether oxygens (including phenoxy) is 2. The summed E-state index contributed by atoms with van der Waals surface area (Å²) in [6, 6.07) is 10.1. The van der Waals surface area contributed by atoms with Crippen LogP contribution in [0.25, 0.3) is 0 Å². The third-order valence-electron chi connectivity index (χ3n) is 5.56. The molecule has 0 spiro atoms. The second-order valence-corrected chi connectivity index (χ2v) is 10.2. The van der Waals surface area contributed by atoms with Gasteiger partial charge in [-0.25, -0.2) is 13.2 Å². The van der Waals surface area contributed by atoms with Gasteiger partial charge in [0.2, 0.25) is 10.0 Å². The molecule has 0 bridgehead atoms. The van der Waals surface area contributed by atoms with Gasteiger partial charge in [-0.15, -0.1) is 0 Å². The van der Waals surface area contributed by atoms with Crippen molar-refractivity contribution in [1.29, 1.82) is 0 Å². The third kappa shape index (κ3) is 5.79. The summed E-state index contributed by atoms with van der Waals surface area (Å²) in [6.45, 7) is 8.34. The molecule has 1 heterocycles. The van der Waals surface area contributed by atoms with Crippen LogP contribution < -0.4 is 5.32 Å². The highest BCUT2D eigenvalue weighted by atomic mass is 32.2. The SMILES string of the molecule is Cc1ccc(S(=O)(=O)N2CCOCC2)cc1C(=O)OCC(=O)Nc1c(C)cccc1C(C)C. The molecule has 9 heteroatoms. The van der Waals surface area contributed by atoms with Crippen LogP contribution in [-0.2, 0) is 24.3 Å². The Bertz CT molecular complexity index is 1140. The highest BCUT2D eigenvalue weighted by Crippen LogP contribution is 2.27. The number of hydrogen-bond acceptors (Lipinski definition) is 6. The lowest BCUT2D eigenvalue weighted by atomic mass is 9.98. The van der Waals surface area contributed by atoms with Crippen LogP contribution in [0.3, 0.4) is 0 Å². The molecule has 33 heavy (non-hydrogen) atoms. The van der Waals surface area contributed by atoms with Crippen LogP contribution in [0.2, 0.25) is 0 Å². The zero-order chi connectivity index (χ0) is 24.2. The highest BCUT2D eigenvalue weighted by Gasteiger charge is 2.27. The molecule has 1 amide bonds. The van der Waals surface area contributed by atoms with E-state index in [1.807, 2.05) is 39.0 Å².